The second-order valence-electron chi connectivity index (χ2n) is 7.70. The molecule has 0 aliphatic carbocycles. The van der Waals surface area contributed by atoms with Crippen molar-refractivity contribution >= 4 is 62.9 Å². The molecule has 0 radical (unpaired) electrons. The Morgan fingerprint density at radius 3 is 1.69 bits per heavy atom. The van der Waals surface area contributed by atoms with Crippen molar-refractivity contribution in [2.75, 3.05) is 13.2 Å². The first-order valence-corrected chi connectivity index (χ1v) is 14.8. The molecule has 0 unspecified atom stereocenters. The second-order valence-corrected chi connectivity index (χ2v) is 11.4. The van der Waals surface area contributed by atoms with E-state index in [4.69, 9.17) is 9.47 Å². The molecular formula is C22H25NaO10S2. The molecule has 35 heavy (non-hydrogen) atoms. The fourth-order valence-corrected chi connectivity index (χ4v) is 7.05. The van der Waals surface area contributed by atoms with Crippen LogP contribution in [0.2, 0.25) is 0 Å². The van der Waals surface area contributed by atoms with Crippen LogP contribution in [0.1, 0.15) is 60.2 Å². The molecule has 0 heterocycles. The normalized spacial score (nSPS) is 11.8. The number of benzene rings is 2. The number of hydrogen-bond acceptors (Lipinski definition) is 8. The molecule has 10 nitrogen and oxygen atoms in total. The predicted molar refractivity (Wildman–Crippen MR) is 127 cm³/mol. The van der Waals surface area contributed by atoms with Crippen LogP contribution in [0.15, 0.2) is 40.1 Å². The van der Waals surface area contributed by atoms with Gasteiger partial charge in [-0.1, -0.05) is 0 Å². The fraction of sp³-hybridized carbons (Fsp3) is 0.364. The maximum absolute atomic E-state index is 13.2. The van der Waals surface area contributed by atoms with Gasteiger partial charge in [0.05, 0.1) is 0 Å². The molecule has 0 spiro atoms. The summed E-state index contributed by atoms with van der Waals surface area (Å²) in [5.74, 6) is -2.53. The van der Waals surface area contributed by atoms with Gasteiger partial charge in [0, 0.05) is 0 Å². The maximum atomic E-state index is 13.2. The van der Waals surface area contributed by atoms with Gasteiger partial charge in [-0.15, -0.1) is 0 Å². The Kier molecular flexibility index (Phi) is 10.5. The first-order chi connectivity index (χ1) is 16.4. The van der Waals surface area contributed by atoms with Crippen molar-refractivity contribution < 1.29 is 45.0 Å². The van der Waals surface area contributed by atoms with E-state index < -0.39 is 58.7 Å². The minimum atomic E-state index is -5.29. The monoisotopic (exact) mass is 536 g/mol. The van der Waals surface area contributed by atoms with Crippen molar-refractivity contribution in [3.8, 4) is 11.1 Å². The van der Waals surface area contributed by atoms with E-state index in [9.17, 15) is 35.5 Å². The molecule has 0 saturated heterocycles. The standard InChI is InChI=1S/C22H25O10S2.Na/c1-3-5-12-31-21(23)16-14-17(33(25,26)27)18(15-10-8-7-9-11-15)19(20(16)34(28,29)30)22(24)32-13-6-4-2;/h7-11H,3-6,12-13H2,1-2H3,(H,25,26,27)(H,28,29,30);. The third kappa shape index (κ3) is 7.13. The van der Waals surface area contributed by atoms with Crippen molar-refractivity contribution in [2.45, 2.75) is 49.3 Å². The Balaban J connectivity index is 3.12. The van der Waals surface area contributed by atoms with Crippen LogP contribution < -0.4 is 2.81 Å². The number of hydrogen-bond donors (Lipinski definition) is 2. The van der Waals surface area contributed by atoms with Gasteiger partial charge in [-0.25, -0.2) is 0 Å². The molecule has 2 rings (SSSR count). The van der Waals surface area contributed by atoms with Crippen LogP contribution in [0.3, 0.4) is 0 Å². The summed E-state index contributed by atoms with van der Waals surface area (Å²) in [6.45, 7) is 3.41. The number of esters is 2. The van der Waals surface area contributed by atoms with E-state index in [0.29, 0.717) is 25.7 Å². The van der Waals surface area contributed by atoms with Crippen LogP contribution in [-0.4, -0.2) is 79.0 Å². The average Bonchev–Trinajstić information content (AvgIpc) is 2.77. The Labute approximate surface area is 221 Å². The van der Waals surface area contributed by atoms with Gasteiger partial charge in [0.15, 0.2) is 0 Å². The number of rotatable bonds is 11. The summed E-state index contributed by atoms with van der Waals surface area (Å²) < 4.78 is 80.4. The van der Waals surface area contributed by atoms with Crippen LogP contribution in [0.4, 0.5) is 0 Å². The molecule has 0 aromatic heterocycles. The summed E-state index contributed by atoms with van der Waals surface area (Å²) in [6, 6.07) is 7.38. The zero-order valence-corrected chi connectivity index (χ0v) is 23.2. The molecule has 13 heteroatoms. The topological polar surface area (TPSA) is 161 Å². The third-order valence-electron chi connectivity index (χ3n) is 5.10. The van der Waals surface area contributed by atoms with Crippen LogP contribution in [-0.2, 0) is 29.7 Å². The molecular weight excluding hydrogens is 511 g/mol. The molecule has 2 aromatic rings. The van der Waals surface area contributed by atoms with Gasteiger partial charge in [-0.2, -0.15) is 0 Å². The summed E-state index contributed by atoms with van der Waals surface area (Å²) in [6.07, 6.45) is 2.13. The van der Waals surface area contributed by atoms with Crippen LogP contribution >= 0.6 is 0 Å². The Hall–Kier alpha value is -1.80. The minimum absolute atomic E-state index is 0.0514. The van der Waals surface area contributed by atoms with Crippen LogP contribution in [0.25, 0.3) is 11.1 Å². The number of carbonyl (C=O) groups excluding carboxylic acids is 2. The SMILES string of the molecule is CCCCOC(=O)c1[c]([Na])c(S(=O)(=O)O)c(-c2ccccc2)c(C(=O)OCCCC)c1S(=O)(=O)O. The summed E-state index contributed by atoms with van der Waals surface area (Å²) >= 11 is -0.273. The van der Waals surface area contributed by atoms with E-state index in [1.165, 1.54) is 24.3 Å². The van der Waals surface area contributed by atoms with E-state index in [1.807, 2.05) is 13.8 Å². The van der Waals surface area contributed by atoms with Gasteiger partial charge < -0.3 is 0 Å². The molecule has 0 bridgehead atoms. The molecule has 0 atom stereocenters. The Morgan fingerprint density at radius 1 is 0.800 bits per heavy atom. The molecule has 0 aliphatic rings. The van der Waals surface area contributed by atoms with Crippen molar-refractivity contribution in [3.63, 3.8) is 0 Å². The quantitative estimate of drug-likeness (QED) is 0.189. The van der Waals surface area contributed by atoms with Crippen LogP contribution in [0, 0.1) is 0 Å². The second kappa shape index (κ2) is 12.4. The average molecular weight is 537 g/mol. The van der Waals surface area contributed by atoms with Gasteiger partial charge in [-0.05, 0) is 0 Å². The van der Waals surface area contributed by atoms with E-state index in [-0.39, 0.29) is 49.5 Å². The van der Waals surface area contributed by atoms with Crippen molar-refractivity contribution in [2.24, 2.45) is 0 Å². The van der Waals surface area contributed by atoms with Gasteiger partial charge in [0.1, 0.15) is 0 Å². The zero-order chi connectivity index (χ0) is 26.4. The Bertz CT molecular complexity index is 1300. The molecule has 0 fully saturated rings. The zero-order valence-electron chi connectivity index (χ0n) is 19.6. The summed E-state index contributed by atoms with van der Waals surface area (Å²) in [4.78, 5) is 24.2. The summed E-state index contributed by atoms with van der Waals surface area (Å²) in [5.41, 5.74) is -2.12. The molecule has 0 amide bonds. The third-order valence-corrected chi connectivity index (χ3v) is 8.41. The molecule has 0 aliphatic heterocycles. The van der Waals surface area contributed by atoms with Gasteiger partial charge in [0.25, 0.3) is 0 Å². The molecule has 2 aromatic carbocycles. The molecule has 186 valence electrons. The molecule has 2 N–H and O–H groups in total. The van der Waals surface area contributed by atoms with Crippen LogP contribution in [0.5, 0.6) is 0 Å². The predicted octanol–water partition coefficient (Wildman–Crippen LogP) is 2.55. The summed E-state index contributed by atoms with van der Waals surface area (Å²) in [7, 11) is -10.4. The fourth-order valence-electron chi connectivity index (χ4n) is 3.49. The first-order valence-electron chi connectivity index (χ1n) is 10.9. The van der Waals surface area contributed by atoms with Gasteiger partial charge in [-0.3, -0.25) is 0 Å². The Morgan fingerprint density at radius 2 is 1.26 bits per heavy atom. The van der Waals surface area contributed by atoms with Crippen molar-refractivity contribution in [1.82, 2.24) is 0 Å². The number of carbonyl (C=O) groups is 2. The number of ether oxygens (including phenoxy) is 2. The number of unbranched alkanes of at least 4 members (excludes halogenated alkanes) is 2. The first kappa shape index (κ1) is 29.4. The van der Waals surface area contributed by atoms with E-state index in [2.05, 4.69) is 0 Å². The van der Waals surface area contributed by atoms with E-state index in [0.717, 1.165) is 0 Å². The van der Waals surface area contributed by atoms with Gasteiger partial charge >= 0.3 is 223 Å². The van der Waals surface area contributed by atoms with E-state index >= 15 is 0 Å². The van der Waals surface area contributed by atoms with Crippen molar-refractivity contribution in [1.29, 1.82) is 0 Å². The van der Waals surface area contributed by atoms with E-state index in [1.54, 1.807) is 6.07 Å². The molecule has 0 saturated carbocycles. The van der Waals surface area contributed by atoms with Gasteiger partial charge in [0.2, 0.25) is 0 Å². The summed E-state index contributed by atoms with van der Waals surface area (Å²) in [5, 5.41) is 0. The van der Waals surface area contributed by atoms with Crippen molar-refractivity contribution in [3.05, 3.63) is 41.5 Å².